The van der Waals surface area contributed by atoms with E-state index in [4.69, 9.17) is 0 Å². The van der Waals surface area contributed by atoms with Crippen LogP contribution in [0.1, 0.15) is 5.56 Å². The van der Waals surface area contributed by atoms with Crippen LogP contribution in [0.15, 0.2) is 27.3 Å². The lowest BCUT2D eigenvalue weighted by atomic mass is 10.2. The summed E-state index contributed by atoms with van der Waals surface area (Å²) >= 11 is 2.82. The predicted octanol–water partition coefficient (Wildman–Crippen LogP) is 4.35. The van der Waals surface area contributed by atoms with Gasteiger partial charge in [-0.25, -0.2) is 4.39 Å². The summed E-state index contributed by atoms with van der Waals surface area (Å²) in [6, 6.07) is 1.96. The van der Waals surface area contributed by atoms with Crippen LogP contribution in [0.4, 0.5) is 17.6 Å². The predicted molar refractivity (Wildman–Crippen MR) is 48.9 cm³/mol. The van der Waals surface area contributed by atoms with Gasteiger partial charge in [-0.05, 0) is 22.0 Å². The molecule has 0 saturated carbocycles. The molecule has 1 aromatic carbocycles. The van der Waals surface area contributed by atoms with Crippen molar-refractivity contribution in [3.05, 3.63) is 34.2 Å². The molecule has 1 aromatic heterocycles. The lowest BCUT2D eigenvalue weighted by Crippen LogP contribution is -2.03. The van der Waals surface area contributed by atoms with E-state index in [-0.39, 0.29) is 15.4 Å². The average molecular weight is 283 g/mol. The van der Waals surface area contributed by atoms with Crippen LogP contribution in [0.3, 0.4) is 0 Å². The highest BCUT2D eigenvalue weighted by molar-refractivity contribution is 9.10. The fraction of sp³-hybridized carbons (Fsp3) is 0.111. The largest absolute Gasteiger partial charge is 0.464 e. The highest BCUT2D eigenvalue weighted by Gasteiger charge is 2.34. The summed E-state index contributed by atoms with van der Waals surface area (Å²) in [7, 11) is 0. The second kappa shape index (κ2) is 3.23. The van der Waals surface area contributed by atoms with Gasteiger partial charge in [0.15, 0.2) is 0 Å². The lowest BCUT2D eigenvalue weighted by molar-refractivity contribution is -0.136. The molecule has 0 amide bonds. The Kier molecular flexibility index (Phi) is 2.26. The second-order valence-electron chi connectivity index (χ2n) is 2.91. The molecule has 1 heterocycles. The van der Waals surface area contributed by atoms with Crippen LogP contribution in [0.25, 0.3) is 11.0 Å². The third-order valence-electron chi connectivity index (χ3n) is 1.92. The summed E-state index contributed by atoms with van der Waals surface area (Å²) in [5, 5.41) is -0.157. The number of furan rings is 1. The molecular weight excluding hydrogens is 280 g/mol. The summed E-state index contributed by atoms with van der Waals surface area (Å²) in [5.41, 5.74) is -1.03. The Morgan fingerprint density at radius 2 is 1.87 bits per heavy atom. The molecule has 80 valence electrons. The van der Waals surface area contributed by atoms with Crippen molar-refractivity contribution in [1.82, 2.24) is 0 Å². The van der Waals surface area contributed by atoms with Crippen LogP contribution in [0, 0.1) is 5.82 Å². The molecule has 0 radical (unpaired) electrons. The first kappa shape index (κ1) is 10.5. The number of alkyl halides is 3. The molecule has 15 heavy (non-hydrogen) atoms. The minimum absolute atomic E-state index is 0.0260. The van der Waals surface area contributed by atoms with Gasteiger partial charge in [-0.3, -0.25) is 0 Å². The van der Waals surface area contributed by atoms with E-state index in [1.807, 2.05) is 0 Å². The maximum absolute atomic E-state index is 13.0. The fourth-order valence-corrected chi connectivity index (χ4v) is 1.59. The maximum Gasteiger partial charge on any atom is 0.420 e. The Bertz CT molecular complexity index is 515. The molecule has 2 aromatic rings. The van der Waals surface area contributed by atoms with Gasteiger partial charge < -0.3 is 4.42 Å². The molecule has 6 heteroatoms. The smallest absolute Gasteiger partial charge is 0.420 e. The molecule has 0 bridgehead atoms. The van der Waals surface area contributed by atoms with Gasteiger partial charge in [0.2, 0.25) is 0 Å². The quantitative estimate of drug-likeness (QED) is 0.655. The van der Waals surface area contributed by atoms with Gasteiger partial charge in [0.05, 0.1) is 4.47 Å². The van der Waals surface area contributed by atoms with E-state index in [0.717, 1.165) is 12.1 Å². The van der Waals surface area contributed by atoms with Gasteiger partial charge in [0, 0.05) is 11.5 Å². The normalized spacial score (nSPS) is 12.3. The first-order valence-corrected chi connectivity index (χ1v) is 4.62. The Balaban J connectivity index is 2.75. The Morgan fingerprint density at radius 3 is 2.47 bits per heavy atom. The third-order valence-corrected chi connectivity index (χ3v) is 2.53. The van der Waals surface area contributed by atoms with Crippen LogP contribution in [0.2, 0.25) is 0 Å². The monoisotopic (exact) mass is 282 g/mol. The van der Waals surface area contributed by atoms with Crippen LogP contribution in [-0.4, -0.2) is 0 Å². The molecule has 0 fully saturated rings. The van der Waals surface area contributed by atoms with Gasteiger partial charge in [-0.1, -0.05) is 0 Å². The molecule has 0 aliphatic carbocycles. The van der Waals surface area contributed by atoms with E-state index in [1.54, 1.807) is 0 Å². The summed E-state index contributed by atoms with van der Waals surface area (Å²) in [5.74, 6) is -0.662. The summed E-state index contributed by atoms with van der Waals surface area (Å²) in [6.45, 7) is 0. The molecule has 1 nitrogen and oxygen atoms in total. The van der Waals surface area contributed by atoms with E-state index in [0.29, 0.717) is 6.26 Å². The highest BCUT2D eigenvalue weighted by atomic mass is 79.9. The highest BCUT2D eigenvalue weighted by Crippen LogP contribution is 2.37. The first-order valence-electron chi connectivity index (χ1n) is 3.83. The summed E-state index contributed by atoms with van der Waals surface area (Å²) in [6.07, 6.45) is -3.92. The first-order chi connectivity index (χ1) is 6.89. The van der Waals surface area contributed by atoms with Gasteiger partial charge in [-0.2, -0.15) is 13.2 Å². The average Bonchev–Trinajstić information content (AvgIpc) is 2.47. The Hall–Kier alpha value is -1.04. The molecule has 0 spiro atoms. The zero-order chi connectivity index (χ0) is 11.2. The van der Waals surface area contributed by atoms with Crippen molar-refractivity contribution >= 4 is 26.9 Å². The van der Waals surface area contributed by atoms with Gasteiger partial charge in [0.25, 0.3) is 0 Å². The summed E-state index contributed by atoms with van der Waals surface area (Å²) < 4.78 is 54.8. The Labute approximate surface area is 89.8 Å². The van der Waals surface area contributed by atoms with Crippen molar-refractivity contribution in [1.29, 1.82) is 0 Å². The van der Waals surface area contributed by atoms with Crippen LogP contribution < -0.4 is 0 Å². The van der Waals surface area contributed by atoms with Crippen LogP contribution in [-0.2, 0) is 6.18 Å². The van der Waals surface area contributed by atoms with Gasteiger partial charge in [0.1, 0.15) is 23.2 Å². The molecule has 0 N–H and O–H groups in total. The SMILES string of the molecule is Fc1cc2occ(C(F)(F)F)c2cc1Br. The molecule has 0 saturated heterocycles. The third kappa shape index (κ3) is 1.73. The number of fused-ring (bicyclic) bond motifs is 1. The molecular formula is C9H3BrF4O. The zero-order valence-electron chi connectivity index (χ0n) is 7.03. The number of halogens is 5. The standard InChI is InChI=1S/C9H3BrF4O/c10-6-1-4-5(9(12,13)14)3-15-8(4)2-7(6)11/h1-3H. The number of benzene rings is 1. The number of rotatable bonds is 0. The fourth-order valence-electron chi connectivity index (χ4n) is 1.24. The minimum atomic E-state index is -4.50. The van der Waals surface area contributed by atoms with Crippen molar-refractivity contribution in [3.63, 3.8) is 0 Å². The second-order valence-corrected chi connectivity index (χ2v) is 3.76. The molecule has 0 aliphatic rings. The van der Waals surface area contributed by atoms with Crippen molar-refractivity contribution in [2.75, 3.05) is 0 Å². The van der Waals surface area contributed by atoms with Crippen LogP contribution in [0.5, 0.6) is 0 Å². The van der Waals surface area contributed by atoms with Crippen molar-refractivity contribution < 1.29 is 22.0 Å². The molecule has 0 aliphatic heterocycles. The van der Waals surface area contributed by atoms with Gasteiger partial charge >= 0.3 is 6.18 Å². The summed E-state index contributed by atoms with van der Waals surface area (Å²) in [4.78, 5) is 0. The number of hydrogen-bond acceptors (Lipinski definition) is 1. The van der Waals surface area contributed by atoms with E-state index < -0.39 is 17.6 Å². The maximum atomic E-state index is 13.0. The zero-order valence-corrected chi connectivity index (χ0v) is 8.62. The molecule has 0 unspecified atom stereocenters. The topological polar surface area (TPSA) is 13.1 Å². The minimum Gasteiger partial charge on any atom is -0.464 e. The van der Waals surface area contributed by atoms with Crippen molar-refractivity contribution in [2.45, 2.75) is 6.18 Å². The van der Waals surface area contributed by atoms with Crippen molar-refractivity contribution in [2.24, 2.45) is 0 Å². The van der Waals surface area contributed by atoms with E-state index in [2.05, 4.69) is 20.3 Å². The van der Waals surface area contributed by atoms with Gasteiger partial charge in [-0.15, -0.1) is 0 Å². The van der Waals surface area contributed by atoms with Crippen molar-refractivity contribution in [3.8, 4) is 0 Å². The van der Waals surface area contributed by atoms with E-state index >= 15 is 0 Å². The lowest BCUT2D eigenvalue weighted by Gasteiger charge is -2.03. The van der Waals surface area contributed by atoms with Crippen LogP contribution >= 0.6 is 15.9 Å². The number of hydrogen-bond donors (Lipinski definition) is 0. The Morgan fingerprint density at radius 1 is 1.20 bits per heavy atom. The van der Waals surface area contributed by atoms with E-state index in [1.165, 1.54) is 0 Å². The van der Waals surface area contributed by atoms with E-state index in [9.17, 15) is 17.6 Å². The molecule has 0 atom stereocenters. The molecule has 2 rings (SSSR count).